The normalized spacial score (nSPS) is 27.1. The zero-order valence-electron chi connectivity index (χ0n) is 11.4. The van der Waals surface area contributed by atoms with Gasteiger partial charge in [-0.25, -0.2) is 19.2 Å². The molecule has 1 heterocycles. The molecule has 0 aromatic carbocycles. The van der Waals surface area contributed by atoms with E-state index >= 15 is 0 Å². The van der Waals surface area contributed by atoms with Crippen molar-refractivity contribution in [3.05, 3.63) is 48.6 Å². The van der Waals surface area contributed by atoms with Crippen molar-refractivity contribution in [1.82, 2.24) is 0 Å². The SMILES string of the molecule is O=C(O)C=CC1(C=CC(=O)O)OC1(C=CC(=O)O)C=CC(=O)O. The van der Waals surface area contributed by atoms with E-state index in [9.17, 15) is 19.2 Å². The highest BCUT2D eigenvalue weighted by Crippen LogP contribution is 2.52. The Morgan fingerprint density at radius 2 is 0.783 bits per heavy atom. The van der Waals surface area contributed by atoms with Gasteiger partial charge in [-0.3, -0.25) is 0 Å². The molecule has 0 spiro atoms. The Morgan fingerprint density at radius 1 is 0.565 bits per heavy atom. The molecule has 0 amide bonds. The molecule has 0 bridgehead atoms. The van der Waals surface area contributed by atoms with Crippen LogP contribution in [-0.4, -0.2) is 55.5 Å². The third kappa shape index (κ3) is 4.64. The highest BCUT2D eigenvalue weighted by molar-refractivity contribution is 5.84. The van der Waals surface area contributed by atoms with Gasteiger partial charge in [0.25, 0.3) is 0 Å². The number of epoxide rings is 1. The maximum absolute atomic E-state index is 10.6. The predicted molar refractivity (Wildman–Crippen MR) is 73.7 cm³/mol. The molecule has 1 aliphatic heterocycles. The Kier molecular flexibility index (Phi) is 5.21. The van der Waals surface area contributed by atoms with Crippen LogP contribution < -0.4 is 0 Å². The summed E-state index contributed by atoms with van der Waals surface area (Å²) in [5.74, 6) is -5.38. The number of ether oxygens (including phenoxy) is 1. The molecule has 1 rings (SSSR count). The Bertz CT molecular complexity index is 547. The van der Waals surface area contributed by atoms with Crippen LogP contribution in [0.2, 0.25) is 0 Å². The number of hydrogen-bond acceptors (Lipinski definition) is 5. The van der Waals surface area contributed by atoms with Gasteiger partial charge in [0.15, 0.2) is 0 Å². The summed E-state index contributed by atoms with van der Waals surface area (Å²) < 4.78 is 5.29. The number of rotatable bonds is 8. The third-order valence-electron chi connectivity index (χ3n) is 2.80. The van der Waals surface area contributed by atoms with Crippen molar-refractivity contribution in [3.8, 4) is 0 Å². The molecule has 122 valence electrons. The Balaban J connectivity index is 3.32. The lowest BCUT2D eigenvalue weighted by Crippen LogP contribution is -2.20. The first-order valence-corrected chi connectivity index (χ1v) is 6.01. The maximum Gasteiger partial charge on any atom is 0.328 e. The van der Waals surface area contributed by atoms with Gasteiger partial charge in [0.2, 0.25) is 0 Å². The van der Waals surface area contributed by atoms with Crippen molar-refractivity contribution in [1.29, 1.82) is 0 Å². The predicted octanol–water partition coefficient (Wildman–Crippen LogP) is 0.0574. The molecule has 0 aromatic heterocycles. The van der Waals surface area contributed by atoms with E-state index in [0.29, 0.717) is 24.3 Å². The standard InChI is InChI=1S/C14H12O9/c15-9(16)1-5-13(6-2-10(17)18)14(23-13,7-3-11(19)20)8-4-12(21)22/h1-8H,(H,15,16)(H,17,18)(H,19,20)(H,21,22). The second kappa shape index (κ2) is 6.71. The second-order valence-corrected chi connectivity index (χ2v) is 4.37. The summed E-state index contributed by atoms with van der Waals surface area (Å²) in [7, 11) is 0. The van der Waals surface area contributed by atoms with Gasteiger partial charge >= 0.3 is 23.9 Å². The van der Waals surface area contributed by atoms with E-state index < -0.39 is 35.1 Å². The zero-order chi connectivity index (χ0) is 17.7. The lowest BCUT2D eigenvalue weighted by molar-refractivity contribution is -0.132. The summed E-state index contributed by atoms with van der Waals surface area (Å²) >= 11 is 0. The van der Waals surface area contributed by atoms with E-state index in [1.807, 2.05) is 0 Å². The van der Waals surface area contributed by atoms with Crippen LogP contribution in [0.1, 0.15) is 0 Å². The van der Waals surface area contributed by atoms with Crippen molar-refractivity contribution >= 4 is 23.9 Å². The van der Waals surface area contributed by atoms with Gasteiger partial charge in [0, 0.05) is 24.3 Å². The Hall–Kier alpha value is -3.20. The van der Waals surface area contributed by atoms with Crippen LogP contribution >= 0.6 is 0 Å². The quantitative estimate of drug-likeness (QED) is 0.357. The van der Waals surface area contributed by atoms with Crippen molar-refractivity contribution in [2.45, 2.75) is 11.2 Å². The van der Waals surface area contributed by atoms with Gasteiger partial charge in [0.05, 0.1) is 0 Å². The number of carbonyl (C=O) groups is 4. The number of carboxylic acid groups (broad SMARTS) is 4. The largest absolute Gasteiger partial charge is 0.478 e. The first kappa shape index (κ1) is 17.9. The summed E-state index contributed by atoms with van der Waals surface area (Å²) in [6.07, 6.45) is 6.68. The van der Waals surface area contributed by atoms with Crippen LogP contribution in [0.15, 0.2) is 48.6 Å². The van der Waals surface area contributed by atoms with Gasteiger partial charge in [-0.1, -0.05) is 0 Å². The second-order valence-electron chi connectivity index (χ2n) is 4.37. The van der Waals surface area contributed by atoms with Crippen LogP contribution in [0.5, 0.6) is 0 Å². The fourth-order valence-corrected chi connectivity index (χ4v) is 1.80. The molecule has 0 aliphatic carbocycles. The molecule has 9 heteroatoms. The summed E-state index contributed by atoms with van der Waals surface area (Å²) in [6.45, 7) is 0. The van der Waals surface area contributed by atoms with Crippen LogP contribution in [0, 0.1) is 0 Å². The van der Waals surface area contributed by atoms with Crippen molar-refractivity contribution in [2.24, 2.45) is 0 Å². The molecule has 23 heavy (non-hydrogen) atoms. The van der Waals surface area contributed by atoms with Crippen LogP contribution in [0.25, 0.3) is 0 Å². The van der Waals surface area contributed by atoms with E-state index in [0.717, 1.165) is 24.3 Å². The number of aliphatic carboxylic acids is 4. The van der Waals surface area contributed by atoms with E-state index in [2.05, 4.69) is 0 Å². The first-order valence-electron chi connectivity index (χ1n) is 6.01. The van der Waals surface area contributed by atoms with E-state index in [1.165, 1.54) is 0 Å². The first-order chi connectivity index (χ1) is 10.6. The molecular formula is C14H12O9. The molecule has 4 N–H and O–H groups in total. The molecule has 0 saturated carbocycles. The van der Waals surface area contributed by atoms with Gasteiger partial charge < -0.3 is 25.2 Å². The Labute approximate surface area is 129 Å². The van der Waals surface area contributed by atoms with Gasteiger partial charge in [0.1, 0.15) is 11.2 Å². The van der Waals surface area contributed by atoms with Gasteiger partial charge in [-0.15, -0.1) is 0 Å². The summed E-state index contributed by atoms with van der Waals surface area (Å²) in [5.41, 5.74) is -3.25. The molecule has 1 saturated heterocycles. The Morgan fingerprint density at radius 3 is 0.957 bits per heavy atom. The monoisotopic (exact) mass is 324 g/mol. The number of hydrogen-bond donors (Lipinski definition) is 4. The lowest BCUT2D eigenvalue weighted by Gasteiger charge is -2.06. The molecule has 9 nitrogen and oxygen atoms in total. The van der Waals surface area contributed by atoms with E-state index in [1.54, 1.807) is 0 Å². The van der Waals surface area contributed by atoms with Crippen molar-refractivity contribution in [2.75, 3.05) is 0 Å². The summed E-state index contributed by atoms with van der Waals surface area (Å²) in [6, 6.07) is 0. The minimum atomic E-state index is -1.62. The average Bonchev–Trinajstić information content (AvgIpc) is 3.08. The smallest absolute Gasteiger partial charge is 0.328 e. The minimum absolute atomic E-state index is 0.678. The van der Waals surface area contributed by atoms with E-state index in [-0.39, 0.29) is 0 Å². The van der Waals surface area contributed by atoms with Crippen LogP contribution in [0.3, 0.4) is 0 Å². The maximum atomic E-state index is 10.6. The summed E-state index contributed by atoms with van der Waals surface area (Å²) in [4.78, 5) is 42.6. The molecule has 0 radical (unpaired) electrons. The fourth-order valence-electron chi connectivity index (χ4n) is 1.80. The highest BCUT2D eigenvalue weighted by atomic mass is 16.6. The topological polar surface area (TPSA) is 162 Å². The number of carboxylic acids is 4. The molecule has 1 aliphatic rings. The molecule has 0 atom stereocenters. The summed E-state index contributed by atoms with van der Waals surface area (Å²) in [5, 5.41) is 34.7. The van der Waals surface area contributed by atoms with Gasteiger partial charge in [-0.2, -0.15) is 0 Å². The van der Waals surface area contributed by atoms with Crippen LogP contribution in [0.4, 0.5) is 0 Å². The minimum Gasteiger partial charge on any atom is -0.478 e. The van der Waals surface area contributed by atoms with Crippen molar-refractivity contribution < 1.29 is 44.3 Å². The van der Waals surface area contributed by atoms with E-state index in [4.69, 9.17) is 25.2 Å². The third-order valence-corrected chi connectivity index (χ3v) is 2.80. The molecule has 0 aromatic rings. The van der Waals surface area contributed by atoms with Crippen LogP contribution in [-0.2, 0) is 23.9 Å². The molecule has 0 unspecified atom stereocenters. The van der Waals surface area contributed by atoms with Gasteiger partial charge in [-0.05, 0) is 24.3 Å². The highest BCUT2D eigenvalue weighted by Gasteiger charge is 2.64. The zero-order valence-corrected chi connectivity index (χ0v) is 11.4. The average molecular weight is 324 g/mol. The van der Waals surface area contributed by atoms with Crippen molar-refractivity contribution in [3.63, 3.8) is 0 Å². The molecular weight excluding hydrogens is 312 g/mol. The fraction of sp³-hybridized carbons (Fsp3) is 0.143. The molecule has 1 fully saturated rings. The lowest BCUT2D eigenvalue weighted by atomic mass is 9.90.